The van der Waals surface area contributed by atoms with E-state index in [1.54, 1.807) is 36.4 Å². The minimum atomic E-state index is -0.168. The van der Waals surface area contributed by atoms with Crippen LogP contribution in [0.15, 0.2) is 36.4 Å². The van der Waals surface area contributed by atoms with E-state index in [0.717, 1.165) is 11.1 Å². The van der Waals surface area contributed by atoms with Crippen molar-refractivity contribution in [2.45, 2.75) is 0 Å². The van der Waals surface area contributed by atoms with Crippen LogP contribution >= 0.6 is 0 Å². The first-order chi connectivity index (χ1) is 9.19. The summed E-state index contributed by atoms with van der Waals surface area (Å²) in [5, 5.41) is 9.75. The lowest BCUT2D eigenvalue weighted by Crippen LogP contribution is -1.90. The number of aromatic hydroxyl groups is 1. The molecular formula is C15H11NO3. The molecule has 94 valence electrons. The van der Waals surface area contributed by atoms with Crippen LogP contribution < -0.4 is 4.74 Å². The number of nitrogens with zero attached hydrogens (tertiary/aromatic N) is 1. The summed E-state index contributed by atoms with van der Waals surface area (Å²) in [7, 11) is 1.43. The van der Waals surface area contributed by atoms with Gasteiger partial charge < -0.3 is 9.84 Å². The summed E-state index contributed by atoms with van der Waals surface area (Å²) in [5.74, 6) is 0.0767. The normalized spacial score (nSPS) is 9.68. The number of phenols is 1. The SMILES string of the molecule is [C-]#[N+]c1ccc(-c2cc(C=O)c(O)c(OC)c2)cc1. The van der Waals surface area contributed by atoms with Gasteiger partial charge in [-0.3, -0.25) is 4.79 Å². The molecule has 0 heterocycles. The Morgan fingerprint density at radius 1 is 1.21 bits per heavy atom. The van der Waals surface area contributed by atoms with Crippen LogP contribution in [0, 0.1) is 6.57 Å². The van der Waals surface area contributed by atoms with E-state index in [1.807, 2.05) is 0 Å². The maximum atomic E-state index is 10.9. The number of benzene rings is 2. The van der Waals surface area contributed by atoms with Crippen molar-refractivity contribution < 1.29 is 14.6 Å². The lowest BCUT2D eigenvalue weighted by molar-refractivity contribution is 0.112. The molecule has 0 aromatic heterocycles. The minimum Gasteiger partial charge on any atom is -0.504 e. The zero-order valence-corrected chi connectivity index (χ0v) is 10.3. The molecule has 0 spiro atoms. The van der Waals surface area contributed by atoms with Gasteiger partial charge in [0.2, 0.25) is 0 Å². The molecule has 0 unspecified atom stereocenters. The molecule has 0 atom stereocenters. The number of carbonyl (C=O) groups is 1. The maximum Gasteiger partial charge on any atom is 0.187 e. The summed E-state index contributed by atoms with van der Waals surface area (Å²) in [6, 6.07) is 10.2. The Kier molecular flexibility index (Phi) is 3.48. The quantitative estimate of drug-likeness (QED) is 0.673. The predicted molar refractivity (Wildman–Crippen MR) is 71.7 cm³/mol. The van der Waals surface area contributed by atoms with Gasteiger partial charge in [-0.15, -0.1) is 0 Å². The van der Waals surface area contributed by atoms with Crippen molar-refractivity contribution in [3.8, 4) is 22.6 Å². The number of carbonyl (C=O) groups excluding carboxylic acids is 1. The molecule has 0 radical (unpaired) electrons. The van der Waals surface area contributed by atoms with Crippen molar-refractivity contribution in [3.05, 3.63) is 53.4 Å². The van der Waals surface area contributed by atoms with Gasteiger partial charge in [0, 0.05) is 0 Å². The molecule has 0 amide bonds. The molecule has 0 bridgehead atoms. The molecule has 2 aromatic carbocycles. The highest BCUT2D eigenvalue weighted by molar-refractivity contribution is 5.85. The zero-order valence-electron chi connectivity index (χ0n) is 10.3. The molecule has 0 saturated carbocycles. The lowest BCUT2D eigenvalue weighted by Gasteiger charge is -2.09. The molecule has 19 heavy (non-hydrogen) atoms. The maximum absolute atomic E-state index is 10.9. The summed E-state index contributed by atoms with van der Waals surface area (Å²) in [5.41, 5.74) is 2.30. The largest absolute Gasteiger partial charge is 0.504 e. The van der Waals surface area contributed by atoms with Crippen LogP contribution in [0.2, 0.25) is 0 Å². The summed E-state index contributed by atoms with van der Waals surface area (Å²) in [6.45, 7) is 6.90. The van der Waals surface area contributed by atoms with Crippen molar-refractivity contribution in [1.29, 1.82) is 0 Å². The second kappa shape index (κ2) is 5.23. The molecule has 2 rings (SSSR count). The van der Waals surface area contributed by atoms with Gasteiger partial charge in [-0.1, -0.05) is 24.3 Å². The Labute approximate surface area is 110 Å². The molecule has 4 heteroatoms. The lowest BCUT2D eigenvalue weighted by atomic mass is 10.0. The second-order valence-electron chi connectivity index (χ2n) is 3.89. The molecule has 0 fully saturated rings. The average Bonchev–Trinajstić information content (AvgIpc) is 2.47. The fourth-order valence-electron chi connectivity index (χ4n) is 1.77. The van der Waals surface area contributed by atoms with Gasteiger partial charge in [0.1, 0.15) is 0 Å². The summed E-state index contributed by atoms with van der Waals surface area (Å²) in [4.78, 5) is 14.2. The summed E-state index contributed by atoms with van der Waals surface area (Å²) < 4.78 is 5.04. The van der Waals surface area contributed by atoms with Crippen molar-refractivity contribution in [3.63, 3.8) is 0 Å². The van der Waals surface area contributed by atoms with Gasteiger partial charge in [0.15, 0.2) is 23.5 Å². The van der Waals surface area contributed by atoms with Gasteiger partial charge in [0.25, 0.3) is 0 Å². The molecule has 0 aliphatic heterocycles. The Morgan fingerprint density at radius 2 is 1.89 bits per heavy atom. The number of ether oxygens (including phenoxy) is 1. The Balaban J connectivity index is 2.55. The van der Waals surface area contributed by atoms with Gasteiger partial charge >= 0.3 is 0 Å². The van der Waals surface area contributed by atoms with E-state index in [0.29, 0.717) is 12.0 Å². The van der Waals surface area contributed by atoms with Crippen LogP contribution in [0.4, 0.5) is 5.69 Å². The van der Waals surface area contributed by atoms with E-state index in [4.69, 9.17) is 11.3 Å². The zero-order chi connectivity index (χ0) is 13.8. The minimum absolute atomic E-state index is 0.168. The number of rotatable bonds is 3. The molecule has 1 N–H and O–H groups in total. The van der Waals surface area contributed by atoms with Crippen LogP contribution in [0.1, 0.15) is 10.4 Å². The highest BCUT2D eigenvalue weighted by Crippen LogP contribution is 2.35. The van der Waals surface area contributed by atoms with E-state index in [9.17, 15) is 9.90 Å². The Hall–Kier alpha value is -2.80. The molecule has 4 nitrogen and oxygen atoms in total. The fourth-order valence-corrected chi connectivity index (χ4v) is 1.77. The Bertz CT molecular complexity index is 654. The van der Waals surface area contributed by atoms with E-state index in [1.165, 1.54) is 7.11 Å². The van der Waals surface area contributed by atoms with Crippen molar-refractivity contribution >= 4 is 12.0 Å². The average molecular weight is 253 g/mol. The third-order valence-corrected chi connectivity index (χ3v) is 2.78. The van der Waals surface area contributed by atoms with Crippen LogP contribution in [-0.2, 0) is 0 Å². The van der Waals surface area contributed by atoms with E-state index in [2.05, 4.69) is 4.85 Å². The number of hydrogen-bond acceptors (Lipinski definition) is 3. The smallest absolute Gasteiger partial charge is 0.187 e. The highest BCUT2D eigenvalue weighted by atomic mass is 16.5. The third kappa shape index (κ3) is 2.40. The van der Waals surface area contributed by atoms with Gasteiger partial charge in [0.05, 0.1) is 19.2 Å². The van der Waals surface area contributed by atoms with Crippen LogP contribution in [0.5, 0.6) is 11.5 Å². The second-order valence-corrected chi connectivity index (χ2v) is 3.89. The van der Waals surface area contributed by atoms with Crippen LogP contribution in [-0.4, -0.2) is 18.5 Å². The van der Waals surface area contributed by atoms with Gasteiger partial charge in [-0.05, 0) is 23.3 Å². The third-order valence-electron chi connectivity index (χ3n) is 2.78. The first kappa shape index (κ1) is 12.7. The summed E-state index contributed by atoms with van der Waals surface area (Å²) >= 11 is 0. The van der Waals surface area contributed by atoms with E-state index in [-0.39, 0.29) is 17.1 Å². The predicted octanol–water partition coefficient (Wildman–Crippen LogP) is 3.43. The van der Waals surface area contributed by atoms with Gasteiger partial charge in [-0.2, -0.15) is 0 Å². The standard InChI is InChI=1S/C15H11NO3/c1-16-13-5-3-10(4-6-13)11-7-12(9-17)15(18)14(8-11)19-2/h3-9,18H,2H3. The number of phenolic OH excluding ortho intramolecular Hbond substituents is 1. The Morgan fingerprint density at radius 3 is 2.42 bits per heavy atom. The van der Waals surface area contributed by atoms with Gasteiger partial charge in [-0.25, -0.2) is 4.85 Å². The molecular weight excluding hydrogens is 242 g/mol. The first-order valence-corrected chi connectivity index (χ1v) is 5.53. The van der Waals surface area contributed by atoms with Crippen molar-refractivity contribution in [1.82, 2.24) is 0 Å². The molecule has 0 saturated heterocycles. The van der Waals surface area contributed by atoms with Crippen LogP contribution in [0.25, 0.3) is 16.0 Å². The number of hydrogen-bond donors (Lipinski definition) is 1. The van der Waals surface area contributed by atoms with Crippen LogP contribution in [0.3, 0.4) is 0 Å². The monoisotopic (exact) mass is 253 g/mol. The van der Waals surface area contributed by atoms with Crippen molar-refractivity contribution in [2.75, 3.05) is 7.11 Å². The molecule has 2 aromatic rings. The van der Waals surface area contributed by atoms with E-state index >= 15 is 0 Å². The number of aldehydes is 1. The summed E-state index contributed by atoms with van der Waals surface area (Å²) in [6.07, 6.45) is 0.578. The fraction of sp³-hybridized carbons (Fsp3) is 0.0667. The first-order valence-electron chi connectivity index (χ1n) is 5.53. The number of methoxy groups -OCH3 is 1. The van der Waals surface area contributed by atoms with E-state index < -0.39 is 0 Å². The molecule has 0 aliphatic carbocycles. The highest BCUT2D eigenvalue weighted by Gasteiger charge is 2.11. The van der Waals surface area contributed by atoms with Crippen molar-refractivity contribution in [2.24, 2.45) is 0 Å². The topological polar surface area (TPSA) is 50.9 Å². The molecule has 0 aliphatic rings.